The van der Waals surface area contributed by atoms with Crippen LogP contribution in [0.1, 0.15) is 25.0 Å². The molecular weight excluding hydrogens is 639 g/mol. The molecule has 0 aliphatic rings. The summed E-state index contributed by atoms with van der Waals surface area (Å²) >= 11 is 17.0. The standard InChI is InChI=1S/C9H14N2O.C8H11ClN2O.C8H12N2O.C6H6Cl2N2/c1-3-12-9-5-7(10)6(2)4-8(9)11;1-2-12-8-4-6(10)5(9)3-7(8)11;1-5-3-7(10)8(11-2)4-6(5)9;7-4-1-3(9)2-5(8)6(4)10/h4-5H,3,10-11H2,1-2H3;3-4H,2,10-11H2,1H3;3-4H,9-10H2,1-2H3;1-2H,9-10H2. The van der Waals surface area contributed by atoms with Crippen molar-refractivity contribution >= 4 is 80.3 Å². The molecule has 0 amide bonds. The highest BCUT2D eigenvalue weighted by Crippen LogP contribution is 2.31. The first kappa shape index (κ1) is 38.6. The van der Waals surface area contributed by atoms with Gasteiger partial charge >= 0.3 is 0 Å². The second kappa shape index (κ2) is 18.4. The fourth-order valence-electron chi connectivity index (χ4n) is 3.38. The second-order valence-corrected chi connectivity index (χ2v) is 10.6. The molecule has 4 aromatic rings. The molecule has 14 heteroatoms. The number of halogens is 3. The number of ether oxygens (including phenoxy) is 3. The van der Waals surface area contributed by atoms with E-state index in [2.05, 4.69) is 0 Å². The highest BCUT2D eigenvalue weighted by molar-refractivity contribution is 6.39. The Hall–Kier alpha value is -4.45. The zero-order valence-electron chi connectivity index (χ0n) is 26.0. The lowest BCUT2D eigenvalue weighted by molar-refractivity contribution is 0.342. The van der Waals surface area contributed by atoms with Gasteiger partial charge in [0.1, 0.15) is 17.2 Å². The molecule has 0 spiro atoms. The van der Waals surface area contributed by atoms with E-state index in [0.717, 1.165) is 11.1 Å². The molecule has 0 saturated heterocycles. The normalized spacial score (nSPS) is 9.78. The Morgan fingerprint density at radius 1 is 0.489 bits per heavy atom. The van der Waals surface area contributed by atoms with Gasteiger partial charge in [-0.1, -0.05) is 34.8 Å². The molecule has 0 atom stereocenters. The second-order valence-electron chi connectivity index (χ2n) is 9.37. The van der Waals surface area contributed by atoms with Crippen molar-refractivity contribution in [2.45, 2.75) is 27.7 Å². The van der Waals surface area contributed by atoms with E-state index in [0.29, 0.717) is 91.0 Å². The SMILES string of the molecule is CCOc1cc(N)c(C)cc1N.CCOc1cc(N)c(Cl)cc1N.COc1cc(N)c(C)cc1N.Nc1cc(Cl)c(N)c(Cl)c1. The average Bonchev–Trinajstić information content (AvgIpc) is 2.96. The van der Waals surface area contributed by atoms with Gasteiger partial charge in [0.25, 0.3) is 0 Å². The van der Waals surface area contributed by atoms with E-state index in [9.17, 15) is 0 Å². The van der Waals surface area contributed by atoms with Crippen LogP contribution in [0, 0.1) is 13.8 Å². The van der Waals surface area contributed by atoms with Crippen LogP contribution < -0.4 is 60.1 Å². The molecular formula is C31H43Cl3N8O3. The van der Waals surface area contributed by atoms with Gasteiger partial charge in [-0.25, -0.2) is 0 Å². The average molecular weight is 682 g/mol. The molecule has 11 nitrogen and oxygen atoms in total. The van der Waals surface area contributed by atoms with Gasteiger partial charge in [-0.15, -0.1) is 0 Å². The molecule has 0 aromatic heterocycles. The summed E-state index contributed by atoms with van der Waals surface area (Å²) in [5, 5.41) is 1.24. The van der Waals surface area contributed by atoms with E-state index in [-0.39, 0.29) is 0 Å². The smallest absolute Gasteiger partial charge is 0.144 e. The fraction of sp³-hybridized carbons (Fsp3) is 0.226. The zero-order valence-corrected chi connectivity index (χ0v) is 28.3. The van der Waals surface area contributed by atoms with Gasteiger partial charge in [0.15, 0.2) is 0 Å². The van der Waals surface area contributed by atoms with E-state index in [4.69, 9.17) is 94.9 Å². The Bertz CT molecular complexity index is 1490. The first-order chi connectivity index (χ1) is 21.1. The monoisotopic (exact) mass is 680 g/mol. The molecule has 0 aliphatic carbocycles. The van der Waals surface area contributed by atoms with Gasteiger partial charge < -0.3 is 60.1 Å². The lowest BCUT2D eigenvalue weighted by Gasteiger charge is -2.09. The molecule has 0 radical (unpaired) electrons. The van der Waals surface area contributed by atoms with Crippen molar-refractivity contribution in [1.29, 1.82) is 0 Å². The number of benzene rings is 4. The Morgan fingerprint density at radius 2 is 0.867 bits per heavy atom. The van der Waals surface area contributed by atoms with Gasteiger partial charge in [-0.05, 0) is 69.2 Å². The maximum absolute atomic E-state index is 5.73. The minimum Gasteiger partial charge on any atom is -0.495 e. The maximum atomic E-state index is 5.73. The molecule has 4 aromatic carbocycles. The summed E-state index contributed by atoms with van der Waals surface area (Å²) in [6.07, 6.45) is 0. The van der Waals surface area contributed by atoms with Crippen LogP contribution in [0.5, 0.6) is 17.2 Å². The van der Waals surface area contributed by atoms with Crippen LogP contribution in [-0.2, 0) is 0 Å². The first-order valence-corrected chi connectivity index (χ1v) is 14.6. The van der Waals surface area contributed by atoms with Crippen LogP contribution in [0.25, 0.3) is 0 Å². The predicted octanol–water partition coefficient (Wildman–Crippen LogP) is 6.79. The molecule has 16 N–H and O–H groups in total. The summed E-state index contributed by atoms with van der Waals surface area (Å²) in [5.74, 6) is 1.88. The highest BCUT2D eigenvalue weighted by Gasteiger charge is 2.05. The summed E-state index contributed by atoms with van der Waals surface area (Å²) in [6.45, 7) is 8.78. The Kier molecular flexibility index (Phi) is 15.8. The predicted molar refractivity (Wildman–Crippen MR) is 194 cm³/mol. The van der Waals surface area contributed by atoms with Crippen LogP contribution in [0.4, 0.5) is 45.5 Å². The van der Waals surface area contributed by atoms with E-state index < -0.39 is 0 Å². The largest absolute Gasteiger partial charge is 0.495 e. The number of nitrogens with two attached hydrogens (primary N) is 8. The Morgan fingerprint density at radius 3 is 1.29 bits per heavy atom. The van der Waals surface area contributed by atoms with E-state index >= 15 is 0 Å². The third-order valence-electron chi connectivity index (χ3n) is 5.85. The van der Waals surface area contributed by atoms with E-state index in [1.165, 1.54) is 0 Å². The van der Waals surface area contributed by atoms with Crippen molar-refractivity contribution < 1.29 is 14.2 Å². The third-order valence-corrected chi connectivity index (χ3v) is 6.80. The molecule has 0 aliphatic heterocycles. The zero-order chi connectivity index (χ0) is 34.4. The van der Waals surface area contributed by atoms with Crippen LogP contribution in [-0.4, -0.2) is 20.3 Å². The highest BCUT2D eigenvalue weighted by atomic mass is 35.5. The number of hydrogen-bond acceptors (Lipinski definition) is 11. The summed E-state index contributed by atoms with van der Waals surface area (Å²) in [5.41, 5.74) is 51.2. The van der Waals surface area contributed by atoms with Crippen molar-refractivity contribution in [3.63, 3.8) is 0 Å². The molecule has 4 rings (SSSR count). The minimum absolute atomic E-state index is 0.373. The Labute approximate surface area is 279 Å². The molecule has 45 heavy (non-hydrogen) atoms. The number of methoxy groups -OCH3 is 1. The summed E-state index contributed by atoms with van der Waals surface area (Å²) in [6, 6.07) is 13.4. The molecule has 0 bridgehead atoms. The van der Waals surface area contributed by atoms with Crippen LogP contribution in [0.15, 0.2) is 48.5 Å². The fourth-order valence-corrected chi connectivity index (χ4v) is 4.05. The van der Waals surface area contributed by atoms with Gasteiger partial charge in [0.05, 0.1) is 63.8 Å². The first-order valence-electron chi connectivity index (χ1n) is 13.5. The Balaban J connectivity index is 0.000000301. The number of rotatable bonds is 5. The van der Waals surface area contributed by atoms with Gasteiger partial charge in [0.2, 0.25) is 0 Å². The van der Waals surface area contributed by atoms with Gasteiger partial charge in [0, 0.05) is 35.3 Å². The third kappa shape index (κ3) is 12.2. The quantitative estimate of drug-likeness (QED) is 0.102. The topological polar surface area (TPSA) is 236 Å². The van der Waals surface area contributed by atoms with E-state index in [1.807, 2.05) is 33.8 Å². The summed E-state index contributed by atoms with van der Waals surface area (Å²) in [7, 11) is 1.57. The summed E-state index contributed by atoms with van der Waals surface area (Å²) in [4.78, 5) is 0. The maximum Gasteiger partial charge on any atom is 0.144 e. The van der Waals surface area contributed by atoms with Crippen LogP contribution >= 0.6 is 34.8 Å². The lowest BCUT2D eigenvalue weighted by atomic mass is 10.1. The number of anilines is 8. The molecule has 246 valence electrons. The number of hydrogen-bond donors (Lipinski definition) is 8. The van der Waals surface area contributed by atoms with Crippen LogP contribution in [0.2, 0.25) is 15.1 Å². The molecule has 0 saturated carbocycles. The van der Waals surface area contributed by atoms with Crippen molar-refractivity contribution in [3.8, 4) is 17.2 Å². The van der Waals surface area contributed by atoms with Crippen molar-refractivity contribution in [2.75, 3.05) is 66.2 Å². The number of nitrogen functional groups attached to an aromatic ring is 8. The molecule has 0 heterocycles. The van der Waals surface area contributed by atoms with Crippen LogP contribution in [0.3, 0.4) is 0 Å². The minimum atomic E-state index is 0.373. The van der Waals surface area contributed by atoms with Gasteiger partial charge in [-0.3, -0.25) is 0 Å². The van der Waals surface area contributed by atoms with Crippen molar-refractivity contribution in [1.82, 2.24) is 0 Å². The lowest BCUT2D eigenvalue weighted by Crippen LogP contribution is -1.99. The molecule has 0 unspecified atom stereocenters. The van der Waals surface area contributed by atoms with Crippen molar-refractivity contribution in [2.24, 2.45) is 0 Å². The number of aryl methyl sites for hydroxylation is 2. The van der Waals surface area contributed by atoms with Gasteiger partial charge in [-0.2, -0.15) is 0 Å². The summed E-state index contributed by atoms with van der Waals surface area (Å²) < 4.78 is 15.5. The van der Waals surface area contributed by atoms with E-state index in [1.54, 1.807) is 49.6 Å². The molecule has 0 fully saturated rings. The van der Waals surface area contributed by atoms with Crippen molar-refractivity contribution in [3.05, 3.63) is 74.7 Å².